The molecular formula is C9H16ClNO3. The van der Waals surface area contributed by atoms with Crippen molar-refractivity contribution >= 4 is 17.7 Å². The van der Waals surface area contributed by atoms with Crippen molar-refractivity contribution in [3.63, 3.8) is 0 Å². The molecular weight excluding hydrogens is 206 g/mol. The van der Waals surface area contributed by atoms with Crippen molar-refractivity contribution in [2.75, 3.05) is 25.8 Å². The van der Waals surface area contributed by atoms with Gasteiger partial charge in [-0.2, -0.15) is 0 Å². The Labute approximate surface area is 89.1 Å². The Morgan fingerprint density at radius 1 is 1.50 bits per heavy atom. The van der Waals surface area contributed by atoms with Crippen molar-refractivity contribution in [1.82, 2.24) is 4.90 Å². The average molecular weight is 222 g/mol. The third-order valence-electron chi connectivity index (χ3n) is 2.28. The lowest BCUT2D eigenvalue weighted by Crippen LogP contribution is -2.41. The van der Waals surface area contributed by atoms with Gasteiger partial charge in [0.05, 0.1) is 6.10 Å². The lowest BCUT2D eigenvalue weighted by atomic mass is 10.1. The van der Waals surface area contributed by atoms with Gasteiger partial charge in [-0.25, -0.2) is 4.79 Å². The average Bonchev–Trinajstić information content (AvgIpc) is 2.20. The first-order chi connectivity index (χ1) is 6.77. The van der Waals surface area contributed by atoms with E-state index in [1.54, 1.807) is 4.90 Å². The van der Waals surface area contributed by atoms with Gasteiger partial charge < -0.3 is 14.4 Å². The number of rotatable bonds is 3. The summed E-state index contributed by atoms with van der Waals surface area (Å²) in [6.45, 7) is 4.10. The van der Waals surface area contributed by atoms with Crippen LogP contribution in [0.15, 0.2) is 0 Å². The predicted molar refractivity (Wildman–Crippen MR) is 53.4 cm³/mol. The van der Waals surface area contributed by atoms with Crippen molar-refractivity contribution in [2.24, 2.45) is 0 Å². The van der Waals surface area contributed by atoms with E-state index < -0.39 is 0 Å². The molecule has 0 bridgehead atoms. The zero-order chi connectivity index (χ0) is 10.4. The van der Waals surface area contributed by atoms with Gasteiger partial charge in [-0.1, -0.05) is 11.6 Å². The Morgan fingerprint density at radius 3 is 2.64 bits per heavy atom. The van der Waals surface area contributed by atoms with Crippen LogP contribution in [-0.2, 0) is 9.47 Å². The van der Waals surface area contributed by atoms with E-state index in [0.717, 1.165) is 19.4 Å². The maximum atomic E-state index is 11.2. The molecule has 0 radical (unpaired) electrons. The molecule has 0 aromatic carbocycles. The number of halogens is 1. The largest absolute Gasteiger partial charge is 0.433 e. The van der Waals surface area contributed by atoms with E-state index in [-0.39, 0.29) is 12.2 Å². The van der Waals surface area contributed by atoms with Crippen LogP contribution in [0.3, 0.4) is 0 Å². The van der Waals surface area contributed by atoms with E-state index >= 15 is 0 Å². The molecule has 1 fully saturated rings. The van der Waals surface area contributed by atoms with Crippen LogP contribution in [0.4, 0.5) is 4.79 Å². The first-order valence-corrected chi connectivity index (χ1v) is 5.40. The molecule has 4 nitrogen and oxygen atoms in total. The third kappa shape index (κ3) is 3.35. The number of hydrogen-bond acceptors (Lipinski definition) is 3. The molecule has 0 aliphatic carbocycles. The molecule has 82 valence electrons. The number of amides is 1. The molecule has 0 spiro atoms. The Kier molecular flexibility index (Phi) is 5.04. The summed E-state index contributed by atoms with van der Waals surface area (Å²) in [6, 6.07) is -0.0791. The fourth-order valence-electron chi connectivity index (χ4n) is 1.58. The van der Waals surface area contributed by atoms with Gasteiger partial charge >= 0.3 is 6.09 Å². The van der Waals surface area contributed by atoms with Crippen LogP contribution >= 0.6 is 11.6 Å². The molecule has 5 heteroatoms. The van der Waals surface area contributed by atoms with Gasteiger partial charge in [0.15, 0.2) is 6.07 Å². The van der Waals surface area contributed by atoms with E-state index in [1.807, 2.05) is 6.92 Å². The highest BCUT2D eigenvalue weighted by Gasteiger charge is 2.23. The summed E-state index contributed by atoms with van der Waals surface area (Å²) in [5.41, 5.74) is 0. The molecule has 0 aromatic heterocycles. The Hall–Kier alpha value is -0.480. The minimum atomic E-state index is -0.324. The summed E-state index contributed by atoms with van der Waals surface area (Å²) in [5, 5.41) is 0. The maximum Gasteiger partial charge on any atom is 0.410 e. The van der Waals surface area contributed by atoms with E-state index in [1.165, 1.54) is 0 Å². The number of nitrogens with zero attached hydrogens (tertiary/aromatic N) is 1. The van der Waals surface area contributed by atoms with Crippen molar-refractivity contribution < 1.29 is 14.3 Å². The van der Waals surface area contributed by atoms with Gasteiger partial charge in [0.25, 0.3) is 0 Å². The Balaban J connectivity index is 2.24. The van der Waals surface area contributed by atoms with Crippen molar-refractivity contribution in [1.29, 1.82) is 0 Å². The topological polar surface area (TPSA) is 38.8 Å². The third-order valence-corrected chi connectivity index (χ3v) is 2.39. The van der Waals surface area contributed by atoms with Crippen LogP contribution in [0.5, 0.6) is 0 Å². The molecule has 1 rings (SSSR count). The fourth-order valence-corrected chi connectivity index (χ4v) is 1.67. The number of piperidine rings is 1. The van der Waals surface area contributed by atoms with Crippen LogP contribution in [0, 0.1) is 0 Å². The van der Waals surface area contributed by atoms with Gasteiger partial charge in [-0.15, -0.1) is 0 Å². The highest BCUT2D eigenvalue weighted by Crippen LogP contribution is 2.14. The quantitative estimate of drug-likeness (QED) is 0.683. The molecule has 1 amide bonds. The number of ether oxygens (including phenoxy) is 2. The molecule has 1 heterocycles. The van der Waals surface area contributed by atoms with E-state index in [2.05, 4.69) is 4.74 Å². The zero-order valence-electron chi connectivity index (χ0n) is 8.37. The molecule has 0 N–H and O–H groups in total. The van der Waals surface area contributed by atoms with Crippen LogP contribution < -0.4 is 0 Å². The molecule has 1 aliphatic heterocycles. The second kappa shape index (κ2) is 6.09. The Morgan fingerprint density at radius 2 is 2.14 bits per heavy atom. The summed E-state index contributed by atoms with van der Waals surface area (Å²) in [7, 11) is 0. The van der Waals surface area contributed by atoms with Crippen LogP contribution in [0.25, 0.3) is 0 Å². The van der Waals surface area contributed by atoms with Gasteiger partial charge in [0.1, 0.15) is 0 Å². The smallest absolute Gasteiger partial charge is 0.410 e. The van der Waals surface area contributed by atoms with Crippen LogP contribution in [-0.4, -0.2) is 42.9 Å². The second-order valence-electron chi connectivity index (χ2n) is 3.16. The summed E-state index contributed by atoms with van der Waals surface area (Å²) in [5.74, 6) is 0. The van der Waals surface area contributed by atoms with Crippen LogP contribution in [0.2, 0.25) is 0 Å². The van der Waals surface area contributed by atoms with Crippen molar-refractivity contribution in [2.45, 2.75) is 25.9 Å². The van der Waals surface area contributed by atoms with Gasteiger partial charge in [-0.3, -0.25) is 0 Å². The summed E-state index contributed by atoms with van der Waals surface area (Å²) in [4.78, 5) is 12.9. The number of carbonyl (C=O) groups excluding carboxylic acids is 1. The second-order valence-corrected chi connectivity index (χ2v) is 3.38. The normalized spacial score (nSPS) is 18.3. The first-order valence-electron chi connectivity index (χ1n) is 4.87. The Bertz CT molecular complexity index is 181. The number of carbonyl (C=O) groups is 1. The standard InChI is InChI=1S/C9H16ClNO3/c1-2-13-8-3-5-11(6-4-8)9(12)14-7-10/h8H,2-7H2,1H3. The van der Waals surface area contributed by atoms with E-state index in [4.69, 9.17) is 16.3 Å². The lowest BCUT2D eigenvalue weighted by molar-refractivity contribution is 0.0137. The van der Waals surface area contributed by atoms with E-state index in [9.17, 15) is 4.79 Å². The number of alkyl halides is 1. The monoisotopic (exact) mass is 221 g/mol. The molecule has 14 heavy (non-hydrogen) atoms. The molecule has 0 atom stereocenters. The molecule has 0 unspecified atom stereocenters. The molecule has 0 saturated carbocycles. The first kappa shape index (κ1) is 11.6. The number of hydrogen-bond donors (Lipinski definition) is 0. The minimum absolute atomic E-state index is 0.0791. The minimum Gasteiger partial charge on any atom is -0.433 e. The van der Waals surface area contributed by atoms with Crippen molar-refractivity contribution in [3.8, 4) is 0 Å². The SMILES string of the molecule is CCOC1CCN(C(=O)OCCl)CC1. The predicted octanol–water partition coefficient (Wildman–Crippen LogP) is 1.82. The van der Waals surface area contributed by atoms with Crippen molar-refractivity contribution in [3.05, 3.63) is 0 Å². The van der Waals surface area contributed by atoms with Gasteiger partial charge in [0.2, 0.25) is 0 Å². The summed E-state index contributed by atoms with van der Waals surface area (Å²) >= 11 is 5.30. The molecule has 1 saturated heterocycles. The maximum absolute atomic E-state index is 11.2. The number of likely N-dealkylation sites (tertiary alicyclic amines) is 1. The fraction of sp³-hybridized carbons (Fsp3) is 0.889. The van der Waals surface area contributed by atoms with Gasteiger partial charge in [-0.05, 0) is 19.8 Å². The summed E-state index contributed by atoms with van der Waals surface area (Å²) in [6.07, 6.45) is 1.73. The highest BCUT2D eigenvalue weighted by molar-refractivity contribution is 6.17. The summed E-state index contributed by atoms with van der Waals surface area (Å²) < 4.78 is 10.2. The lowest BCUT2D eigenvalue weighted by Gasteiger charge is -2.30. The molecule has 1 aliphatic rings. The highest BCUT2D eigenvalue weighted by atomic mass is 35.5. The van der Waals surface area contributed by atoms with E-state index in [0.29, 0.717) is 19.2 Å². The molecule has 0 aromatic rings. The van der Waals surface area contributed by atoms with Crippen LogP contribution in [0.1, 0.15) is 19.8 Å². The van der Waals surface area contributed by atoms with Gasteiger partial charge in [0, 0.05) is 19.7 Å². The zero-order valence-corrected chi connectivity index (χ0v) is 9.13.